The summed E-state index contributed by atoms with van der Waals surface area (Å²) in [4.78, 5) is 34.7. The zero-order chi connectivity index (χ0) is 20.0. The fourth-order valence-corrected chi connectivity index (χ4v) is 2.50. The van der Waals surface area contributed by atoms with Gasteiger partial charge in [0.25, 0.3) is 5.69 Å². The molecule has 0 aromatic heterocycles. The zero-order valence-corrected chi connectivity index (χ0v) is 14.3. The van der Waals surface area contributed by atoms with E-state index in [1.807, 2.05) is 0 Å². The van der Waals surface area contributed by atoms with Crippen molar-refractivity contribution in [3.05, 3.63) is 75.3 Å². The van der Waals surface area contributed by atoms with Gasteiger partial charge in [0.1, 0.15) is 6.04 Å². The van der Waals surface area contributed by atoms with Gasteiger partial charge in [-0.1, -0.05) is 24.3 Å². The van der Waals surface area contributed by atoms with Crippen LogP contribution in [0.4, 0.5) is 14.5 Å². The Kier molecular flexibility index (Phi) is 6.53. The van der Waals surface area contributed by atoms with E-state index in [0.29, 0.717) is 0 Å². The summed E-state index contributed by atoms with van der Waals surface area (Å²) >= 11 is 0. The second-order valence-corrected chi connectivity index (χ2v) is 5.66. The Bertz CT molecular complexity index is 873. The van der Waals surface area contributed by atoms with Crippen molar-refractivity contribution in [3.8, 4) is 0 Å². The summed E-state index contributed by atoms with van der Waals surface area (Å²) in [5.41, 5.74) is 0.257. The molecule has 2 aromatic rings. The third-order valence-corrected chi connectivity index (χ3v) is 3.78. The summed E-state index contributed by atoms with van der Waals surface area (Å²) in [5.74, 6) is -3.56. The van der Waals surface area contributed by atoms with E-state index in [9.17, 15) is 28.5 Å². The molecule has 2 aromatic carbocycles. The number of nitro benzene ring substituents is 1. The summed E-state index contributed by atoms with van der Waals surface area (Å²) in [6, 6.07) is 7.65. The van der Waals surface area contributed by atoms with Crippen molar-refractivity contribution in [2.45, 2.75) is 18.9 Å². The molecule has 7 nitrogen and oxygen atoms in total. The van der Waals surface area contributed by atoms with Gasteiger partial charge in [-0.05, 0) is 17.7 Å². The molecular formula is C18H16F2N2O5. The fourth-order valence-electron chi connectivity index (χ4n) is 2.50. The minimum Gasteiger partial charge on any atom is -0.467 e. The number of hydrogen-bond donors (Lipinski definition) is 1. The van der Waals surface area contributed by atoms with Crippen LogP contribution in [0.3, 0.4) is 0 Å². The van der Waals surface area contributed by atoms with E-state index in [1.165, 1.54) is 24.3 Å². The van der Waals surface area contributed by atoms with Crippen LogP contribution in [-0.2, 0) is 27.2 Å². The number of carbonyl (C=O) groups excluding carboxylic acids is 2. The number of amides is 1. The maximum Gasteiger partial charge on any atom is 0.328 e. The van der Waals surface area contributed by atoms with Crippen molar-refractivity contribution in [2.24, 2.45) is 0 Å². The number of rotatable bonds is 7. The molecule has 1 atom stereocenters. The smallest absolute Gasteiger partial charge is 0.328 e. The number of nitrogens with one attached hydrogen (secondary N) is 1. The summed E-state index contributed by atoms with van der Waals surface area (Å²) in [6.07, 6.45) is -0.463. The molecule has 1 N–H and O–H groups in total. The summed E-state index contributed by atoms with van der Waals surface area (Å²) in [7, 11) is 1.12. The molecule has 0 aliphatic rings. The molecule has 0 aliphatic carbocycles. The molecule has 0 unspecified atom stereocenters. The second kappa shape index (κ2) is 8.84. The first-order valence-electron chi connectivity index (χ1n) is 7.85. The third-order valence-electron chi connectivity index (χ3n) is 3.78. The van der Waals surface area contributed by atoms with E-state index >= 15 is 0 Å². The molecule has 0 bridgehead atoms. The molecule has 2 rings (SSSR count). The van der Waals surface area contributed by atoms with Gasteiger partial charge in [0, 0.05) is 18.1 Å². The summed E-state index contributed by atoms with van der Waals surface area (Å²) in [5, 5.41) is 13.5. The van der Waals surface area contributed by atoms with Gasteiger partial charge in [-0.15, -0.1) is 0 Å². The molecule has 9 heteroatoms. The van der Waals surface area contributed by atoms with Crippen molar-refractivity contribution in [1.29, 1.82) is 0 Å². The maximum absolute atomic E-state index is 13.2. The van der Waals surface area contributed by atoms with Gasteiger partial charge >= 0.3 is 5.97 Å². The van der Waals surface area contributed by atoms with E-state index in [4.69, 9.17) is 0 Å². The summed E-state index contributed by atoms with van der Waals surface area (Å²) in [6.45, 7) is 0. The first kappa shape index (κ1) is 20.0. The molecule has 0 aliphatic heterocycles. The third kappa shape index (κ3) is 5.30. The number of carbonyl (C=O) groups is 2. The van der Waals surface area contributed by atoms with Gasteiger partial charge < -0.3 is 10.1 Å². The Hall–Kier alpha value is -3.36. The topological polar surface area (TPSA) is 98.5 Å². The van der Waals surface area contributed by atoms with Crippen LogP contribution in [0.25, 0.3) is 0 Å². The average molecular weight is 378 g/mol. The number of para-hydroxylation sites is 1. The number of nitrogens with zero attached hydrogens (tertiary/aromatic N) is 1. The Balaban J connectivity index is 2.15. The van der Waals surface area contributed by atoms with Crippen molar-refractivity contribution in [3.63, 3.8) is 0 Å². The van der Waals surface area contributed by atoms with Crippen LogP contribution in [0.15, 0.2) is 42.5 Å². The molecule has 27 heavy (non-hydrogen) atoms. The monoisotopic (exact) mass is 378 g/mol. The molecule has 0 spiro atoms. The summed E-state index contributed by atoms with van der Waals surface area (Å²) < 4.78 is 30.8. The minimum absolute atomic E-state index is 0.159. The van der Waals surface area contributed by atoms with E-state index in [0.717, 1.165) is 19.2 Å². The van der Waals surface area contributed by atoms with Gasteiger partial charge in [0.2, 0.25) is 5.91 Å². The number of methoxy groups -OCH3 is 1. The number of ether oxygens (including phenoxy) is 1. The number of esters is 1. The van der Waals surface area contributed by atoms with Crippen LogP contribution in [-0.4, -0.2) is 30.0 Å². The fraction of sp³-hybridized carbons (Fsp3) is 0.222. The number of benzene rings is 2. The molecular weight excluding hydrogens is 362 g/mol. The first-order valence-corrected chi connectivity index (χ1v) is 7.85. The predicted octanol–water partition coefficient (Wildman–Crippen LogP) is 2.32. The molecule has 142 valence electrons. The lowest BCUT2D eigenvalue weighted by Crippen LogP contribution is -2.43. The van der Waals surface area contributed by atoms with Crippen LogP contribution in [0.2, 0.25) is 0 Å². The Morgan fingerprint density at radius 1 is 1.19 bits per heavy atom. The lowest BCUT2D eigenvalue weighted by molar-refractivity contribution is -0.385. The SMILES string of the molecule is COC(=O)[C@@H](Cc1ccccc1[N+](=O)[O-])NC(=O)Cc1ccc(F)c(F)c1. The normalized spacial score (nSPS) is 11.5. The Morgan fingerprint density at radius 2 is 1.89 bits per heavy atom. The van der Waals surface area contributed by atoms with E-state index in [1.54, 1.807) is 6.07 Å². The average Bonchev–Trinajstić information content (AvgIpc) is 2.63. The molecule has 1 amide bonds. The second-order valence-electron chi connectivity index (χ2n) is 5.66. The van der Waals surface area contributed by atoms with Gasteiger partial charge in [-0.2, -0.15) is 0 Å². The quantitative estimate of drug-likeness (QED) is 0.453. The van der Waals surface area contributed by atoms with Gasteiger partial charge in [0.05, 0.1) is 18.5 Å². The van der Waals surface area contributed by atoms with E-state index in [-0.39, 0.29) is 29.7 Å². The highest BCUT2D eigenvalue weighted by Crippen LogP contribution is 2.19. The van der Waals surface area contributed by atoms with Crippen molar-refractivity contribution >= 4 is 17.6 Å². The molecule has 0 saturated carbocycles. The number of hydrogen-bond acceptors (Lipinski definition) is 5. The highest BCUT2D eigenvalue weighted by Gasteiger charge is 2.25. The van der Waals surface area contributed by atoms with Crippen LogP contribution >= 0.6 is 0 Å². The van der Waals surface area contributed by atoms with Crippen LogP contribution in [0, 0.1) is 21.7 Å². The minimum atomic E-state index is -1.17. The van der Waals surface area contributed by atoms with Gasteiger partial charge in [-0.25, -0.2) is 13.6 Å². The van der Waals surface area contributed by atoms with Crippen LogP contribution < -0.4 is 5.32 Å². The molecule has 0 radical (unpaired) electrons. The maximum atomic E-state index is 13.2. The molecule has 0 saturated heterocycles. The van der Waals surface area contributed by atoms with Crippen LogP contribution in [0.5, 0.6) is 0 Å². The highest BCUT2D eigenvalue weighted by molar-refractivity contribution is 5.86. The van der Waals surface area contributed by atoms with Gasteiger partial charge in [0.15, 0.2) is 11.6 Å². The van der Waals surface area contributed by atoms with Crippen LogP contribution in [0.1, 0.15) is 11.1 Å². The molecule has 0 heterocycles. The zero-order valence-electron chi connectivity index (χ0n) is 14.3. The lowest BCUT2D eigenvalue weighted by atomic mass is 10.0. The van der Waals surface area contributed by atoms with E-state index in [2.05, 4.69) is 10.1 Å². The van der Waals surface area contributed by atoms with Crippen molar-refractivity contribution < 1.29 is 28.0 Å². The van der Waals surface area contributed by atoms with Crippen molar-refractivity contribution in [2.75, 3.05) is 7.11 Å². The standard InChI is InChI=1S/C18H16F2N2O5/c1-27-18(24)15(10-12-4-2-3-5-16(12)22(25)26)21-17(23)9-11-6-7-13(19)14(20)8-11/h2-8,15H,9-10H2,1H3,(H,21,23)/t15-/m1/s1. The van der Waals surface area contributed by atoms with E-state index < -0.39 is 34.5 Å². The Labute approximate surface area is 153 Å². The largest absolute Gasteiger partial charge is 0.467 e. The number of halogens is 2. The lowest BCUT2D eigenvalue weighted by Gasteiger charge is -2.16. The number of nitro groups is 1. The first-order chi connectivity index (χ1) is 12.8. The highest BCUT2D eigenvalue weighted by atomic mass is 19.2. The van der Waals surface area contributed by atoms with Crippen molar-refractivity contribution in [1.82, 2.24) is 5.32 Å². The molecule has 0 fully saturated rings. The predicted molar refractivity (Wildman–Crippen MR) is 90.8 cm³/mol. The Morgan fingerprint density at radius 3 is 2.52 bits per heavy atom. The van der Waals surface area contributed by atoms with Gasteiger partial charge in [-0.3, -0.25) is 14.9 Å².